The molecule has 1 aliphatic carbocycles. The van der Waals surface area contributed by atoms with Crippen molar-refractivity contribution >= 4 is 22.4 Å². The van der Waals surface area contributed by atoms with Crippen molar-refractivity contribution in [1.82, 2.24) is 15.2 Å². The predicted molar refractivity (Wildman–Crippen MR) is 84.2 cm³/mol. The van der Waals surface area contributed by atoms with Gasteiger partial charge in [0.25, 0.3) is 0 Å². The van der Waals surface area contributed by atoms with Crippen LogP contribution in [0.1, 0.15) is 42.3 Å². The predicted octanol–water partition coefficient (Wildman–Crippen LogP) is 2.78. The van der Waals surface area contributed by atoms with Gasteiger partial charge in [0.15, 0.2) is 0 Å². The number of carbonyl (C=O) groups excluding carboxylic acids is 1. The Labute approximate surface area is 132 Å². The van der Waals surface area contributed by atoms with Crippen LogP contribution in [0.5, 0.6) is 5.75 Å². The molecule has 0 saturated heterocycles. The molecule has 6 nitrogen and oxygen atoms in total. The molecule has 1 amide bonds. The highest BCUT2D eigenvalue weighted by Gasteiger charge is 2.21. The van der Waals surface area contributed by atoms with E-state index in [1.807, 2.05) is 0 Å². The summed E-state index contributed by atoms with van der Waals surface area (Å²) in [6.45, 7) is 0. The zero-order valence-electron chi connectivity index (χ0n) is 12.4. The number of ether oxygens (including phenoxy) is 1. The molecule has 2 aromatic heterocycles. The molecule has 0 radical (unpaired) electrons. The lowest BCUT2D eigenvalue weighted by molar-refractivity contribution is -0.115. The third kappa shape index (κ3) is 3.59. The SMILES string of the molecule is COc1ccc(CC(=O)Nc2nnc(C3CCCC3)s2)nc1. The van der Waals surface area contributed by atoms with Crippen LogP contribution in [0.15, 0.2) is 18.3 Å². The average molecular weight is 318 g/mol. The van der Waals surface area contributed by atoms with Crippen molar-refractivity contribution in [2.45, 2.75) is 38.0 Å². The molecule has 0 aliphatic heterocycles. The number of hydrogen-bond donors (Lipinski definition) is 1. The van der Waals surface area contributed by atoms with Crippen LogP contribution in [0.2, 0.25) is 0 Å². The maximum Gasteiger partial charge on any atom is 0.232 e. The molecule has 0 aromatic carbocycles. The van der Waals surface area contributed by atoms with Gasteiger partial charge in [-0.2, -0.15) is 0 Å². The van der Waals surface area contributed by atoms with Gasteiger partial charge in [0.2, 0.25) is 11.0 Å². The Balaban J connectivity index is 1.56. The van der Waals surface area contributed by atoms with E-state index < -0.39 is 0 Å². The van der Waals surface area contributed by atoms with Crippen molar-refractivity contribution in [3.63, 3.8) is 0 Å². The number of nitrogens with one attached hydrogen (secondary N) is 1. The first-order chi connectivity index (χ1) is 10.7. The van der Waals surface area contributed by atoms with Crippen LogP contribution in [-0.4, -0.2) is 28.2 Å². The lowest BCUT2D eigenvalue weighted by Crippen LogP contribution is -2.14. The highest BCUT2D eigenvalue weighted by atomic mass is 32.1. The fourth-order valence-corrected chi connectivity index (χ4v) is 3.52. The Morgan fingerprint density at radius 3 is 2.86 bits per heavy atom. The lowest BCUT2D eigenvalue weighted by Gasteiger charge is -2.03. The summed E-state index contributed by atoms with van der Waals surface area (Å²) in [5.74, 6) is 1.06. The summed E-state index contributed by atoms with van der Waals surface area (Å²) in [6, 6.07) is 3.57. The number of methoxy groups -OCH3 is 1. The largest absolute Gasteiger partial charge is 0.495 e. The summed E-state index contributed by atoms with van der Waals surface area (Å²) in [5.41, 5.74) is 0.693. The van der Waals surface area contributed by atoms with Crippen molar-refractivity contribution < 1.29 is 9.53 Å². The summed E-state index contributed by atoms with van der Waals surface area (Å²) >= 11 is 1.48. The number of amides is 1. The van der Waals surface area contributed by atoms with Crippen molar-refractivity contribution in [1.29, 1.82) is 0 Å². The van der Waals surface area contributed by atoms with Crippen molar-refractivity contribution in [3.8, 4) is 5.75 Å². The van der Waals surface area contributed by atoms with E-state index >= 15 is 0 Å². The minimum atomic E-state index is -0.133. The summed E-state index contributed by atoms with van der Waals surface area (Å²) in [4.78, 5) is 16.2. The molecule has 0 unspecified atom stereocenters. The highest BCUT2D eigenvalue weighted by molar-refractivity contribution is 7.15. The second kappa shape index (κ2) is 6.83. The summed E-state index contributed by atoms with van der Waals surface area (Å²) < 4.78 is 5.04. The van der Waals surface area contributed by atoms with Crippen LogP contribution in [0.25, 0.3) is 0 Å². The van der Waals surface area contributed by atoms with Crippen LogP contribution in [0.3, 0.4) is 0 Å². The Morgan fingerprint density at radius 2 is 2.18 bits per heavy atom. The number of aromatic nitrogens is 3. The molecular formula is C15H18N4O2S. The number of anilines is 1. The highest BCUT2D eigenvalue weighted by Crippen LogP contribution is 2.36. The average Bonchev–Trinajstić information content (AvgIpc) is 3.19. The van der Waals surface area contributed by atoms with Crippen molar-refractivity contribution in [2.24, 2.45) is 0 Å². The maximum atomic E-state index is 12.0. The van der Waals surface area contributed by atoms with Gasteiger partial charge in [-0.05, 0) is 25.0 Å². The van der Waals surface area contributed by atoms with Crippen molar-refractivity contribution in [3.05, 3.63) is 29.0 Å². The van der Waals surface area contributed by atoms with Gasteiger partial charge >= 0.3 is 0 Å². The Hall–Kier alpha value is -2.02. The monoisotopic (exact) mass is 318 g/mol. The van der Waals surface area contributed by atoms with Crippen LogP contribution in [0.4, 0.5) is 5.13 Å². The van der Waals surface area contributed by atoms with Gasteiger partial charge in [-0.3, -0.25) is 9.78 Å². The van der Waals surface area contributed by atoms with Gasteiger partial charge < -0.3 is 10.1 Å². The van der Waals surface area contributed by atoms with Crippen LogP contribution in [-0.2, 0) is 11.2 Å². The smallest absolute Gasteiger partial charge is 0.232 e. The van der Waals surface area contributed by atoms with E-state index in [2.05, 4.69) is 20.5 Å². The number of carbonyl (C=O) groups is 1. The van der Waals surface area contributed by atoms with Gasteiger partial charge in [-0.15, -0.1) is 10.2 Å². The number of hydrogen-bond acceptors (Lipinski definition) is 6. The van der Waals surface area contributed by atoms with E-state index in [1.165, 1.54) is 37.0 Å². The second-order valence-electron chi connectivity index (χ2n) is 5.34. The molecule has 116 valence electrons. The quantitative estimate of drug-likeness (QED) is 0.917. The molecule has 1 saturated carbocycles. The van der Waals surface area contributed by atoms with E-state index in [0.29, 0.717) is 22.5 Å². The molecule has 2 aromatic rings. The normalized spacial score (nSPS) is 15.0. The van der Waals surface area contributed by atoms with Crippen LogP contribution < -0.4 is 10.1 Å². The van der Waals surface area contributed by atoms with Gasteiger partial charge in [-0.25, -0.2) is 0 Å². The molecule has 1 fully saturated rings. The Bertz CT molecular complexity index is 635. The van der Waals surface area contributed by atoms with Gasteiger partial charge in [0, 0.05) is 11.6 Å². The van der Waals surface area contributed by atoms with Crippen LogP contribution >= 0.6 is 11.3 Å². The topological polar surface area (TPSA) is 77.0 Å². The number of rotatable bonds is 5. The van der Waals surface area contributed by atoms with Crippen molar-refractivity contribution in [2.75, 3.05) is 12.4 Å². The third-order valence-corrected chi connectivity index (χ3v) is 4.77. The van der Waals surface area contributed by atoms with E-state index in [-0.39, 0.29) is 12.3 Å². The summed E-state index contributed by atoms with van der Waals surface area (Å²) in [6.07, 6.45) is 6.69. The minimum Gasteiger partial charge on any atom is -0.495 e. The molecule has 0 bridgehead atoms. The maximum absolute atomic E-state index is 12.0. The molecular weight excluding hydrogens is 300 g/mol. The molecule has 3 rings (SSSR count). The minimum absolute atomic E-state index is 0.133. The van der Waals surface area contributed by atoms with Crippen LogP contribution in [0, 0.1) is 0 Å². The zero-order valence-corrected chi connectivity index (χ0v) is 13.2. The molecule has 0 spiro atoms. The molecule has 2 heterocycles. The standard InChI is InChI=1S/C15H18N4O2S/c1-21-12-7-6-11(16-9-12)8-13(20)17-15-19-18-14(22-15)10-4-2-3-5-10/h6-7,9-10H,2-5,8H2,1H3,(H,17,19,20). The molecule has 0 atom stereocenters. The molecule has 1 aliphatic rings. The first-order valence-electron chi connectivity index (χ1n) is 7.37. The first-order valence-corrected chi connectivity index (χ1v) is 8.18. The van der Waals surface area contributed by atoms with E-state index in [0.717, 1.165) is 5.01 Å². The van der Waals surface area contributed by atoms with Gasteiger partial charge in [-0.1, -0.05) is 24.2 Å². The summed E-state index contributed by atoms with van der Waals surface area (Å²) in [7, 11) is 1.58. The Kier molecular flexibility index (Phi) is 4.62. The molecule has 1 N–H and O–H groups in total. The van der Waals surface area contributed by atoms with E-state index in [4.69, 9.17) is 4.74 Å². The lowest BCUT2D eigenvalue weighted by atomic mass is 10.1. The van der Waals surface area contributed by atoms with E-state index in [9.17, 15) is 4.79 Å². The molecule has 7 heteroatoms. The fourth-order valence-electron chi connectivity index (χ4n) is 2.59. The Morgan fingerprint density at radius 1 is 1.36 bits per heavy atom. The van der Waals surface area contributed by atoms with Gasteiger partial charge in [0.1, 0.15) is 10.8 Å². The van der Waals surface area contributed by atoms with E-state index in [1.54, 1.807) is 25.4 Å². The zero-order chi connectivity index (χ0) is 15.4. The molecule has 22 heavy (non-hydrogen) atoms. The third-order valence-electron chi connectivity index (χ3n) is 3.77. The second-order valence-corrected chi connectivity index (χ2v) is 6.35. The fraction of sp³-hybridized carbons (Fsp3) is 0.467. The number of nitrogens with zero attached hydrogens (tertiary/aromatic N) is 3. The van der Waals surface area contributed by atoms with Gasteiger partial charge in [0.05, 0.1) is 19.7 Å². The number of pyridine rings is 1. The first kappa shape index (κ1) is 14.9. The summed E-state index contributed by atoms with van der Waals surface area (Å²) in [5, 5.41) is 12.7.